The Bertz CT molecular complexity index is 354. The van der Waals surface area contributed by atoms with E-state index in [9.17, 15) is 9.59 Å². The molecule has 5 heteroatoms. The zero-order valence-corrected chi connectivity index (χ0v) is 11.4. The highest BCUT2D eigenvalue weighted by Crippen LogP contribution is 2.29. The molecule has 1 atom stereocenters. The quantitative estimate of drug-likeness (QED) is 0.769. The maximum Gasteiger partial charge on any atom is 0.239 e. The van der Waals surface area contributed by atoms with Gasteiger partial charge in [0.05, 0.1) is 6.04 Å². The predicted molar refractivity (Wildman–Crippen MR) is 71.5 cm³/mol. The van der Waals surface area contributed by atoms with E-state index >= 15 is 0 Å². The molecule has 3 fully saturated rings. The maximum atomic E-state index is 12.2. The molecule has 2 heterocycles. The normalized spacial score (nSPS) is 28.4. The van der Waals surface area contributed by atoms with E-state index in [1.165, 1.54) is 0 Å². The van der Waals surface area contributed by atoms with E-state index < -0.39 is 0 Å². The SMILES string of the molecule is O=C(NC1CCN(C(=O)[C@@H]2CCCN2)CC1)C1CC1. The Morgan fingerprint density at radius 2 is 1.79 bits per heavy atom. The van der Waals surface area contributed by atoms with Crippen LogP contribution in [0.25, 0.3) is 0 Å². The molecule has 5 nitrogen and oxygen atoms in total. The predicted octanol–water partition coefficient (Wildman–Crippen LogP) is 0.256. The molecule has 0 unspecified atom stereocenters. The fraction of sp³-hybridized carbons (Fsp3) is 0.857. The zero-order valence-electron chi connectivity index (χ0n) is 11.4. The van der Waals surface area contributed by atoms with Crippen LogP contribution in [-0.4, -0.2) is 48.4 Å². The minimum absolute atomic E-state index is 0.0394. The molecule has 3 rings (SSSR count). The number of carbonyl (C=O) groups excluding carboxylic acids is 2. The molecule has 2 amide bonds. The van der Waals surface area contributed by atoms with Gasteiger partial charge < -0.3 is 15.5 Å². The lowest BCUT2D eigenvalue weighted by Crippen LogP contribution is -2.51. The van der Waals surface area contributed by atoms with Crippen LogP contribution in [0.1, 0.15) is 38.5 Å². The minimum atomic E-state index is 0.0394. The summed E-state index contributed by atoms with van der Waals surface area (Å²) in [6, 6.07) is 0.311. The molecule has 2 aliphatic heterocycles. The van der Waals surface area contributed by atoms with Crippen molar-refractivity contribution in [1.29, 1.82) is 0 Å². The van der Waals surface area contributed by atoms with Gasteiger partial charge >= 0.3 is 0 Å². The Morgan fingerprint density at radius 1 is 1.05 bits per heavy atom. The van der Waals surface area contributed by atoms with Crippen molar-refractivity contribution in [3.05, 3.63) is 0 Å². The van der Waals surface area contributed by atoms with E-state index in [0.29, 0.717) is 0 Å². The molecule has 19 heavy (non-hydrogen) atoms. The number of rotatable bonds is 3. The van der Waals surface area contributed by atoms with Crippen LogP contribution in [0.2, 0.25) is 0 Å². The van der Waals surface area contributed by atoms with Crippen molar-refractivity contribution in [3.63, 3.8) is 0 Å². The van der Waals surface area contributed by atoms with Gasteiger partial charge in [-0.3, -0.25) is 9.59 Å². The van der Waals surface area contributed by atoms with Crippen molar-refractivity contribution in [1.82, 2.24) is 15.5 Å². The summed E-state index contributed by atoms with van der Waals surface area (Å²) in [6.45, 7) is 2.53. The second kappa shape index (κ2) is 5.49. The first-order valence-corrected chi connectivity index (χ1v) is 7.56. The van der Waals surface area contributed by atoms with Crippen LogP contribution in [0.5, 0.6) is 0 Å². The third-order valence-electron chi connectivity index (χ3n) is 4.46. The monoisotopic (exact) mass is 265 g/mol. The topological polar surface area (TPSA) is 61.4 Å². The molecule has 2 saturated heterocycles. The van der Waals surface area contributed by atoms with Crippen LogP contribution < -0.4 is 10.6 Å². The molecular formula is C14H23N3O2. The Hall–Kier alpha value is -1.10. The number of hydrogen-bond acceptors (Lipinski definition) is 3. The minimum Gasteiger partial charge on any atom is -0.353 e. The molecule has 2 N–H and O–H groups in total. The summed E-state index contributed by atoms with van der Waals surface area (Å²) in [7, 11) is 0. The van der Waals surface area contributed by atoms with E-state index in [1.54, 1.807) is 0 Å². The molecule has 0 bridgehead atoms. The highest BCUT2D eigenvalue weighted by atomic mass is 16.2. The summed E-state index contributed by atoms with van der Waals surface area (Å²) < 4.78 is 0. The maximum absolute atomic E-state index is 12.2. The van der Waals surface area contributed by atoms with Gasteiger partial charge in [0.1, 0.15) is 0 Å². The van der Waals surface area contributed by atoms with Crippen molar-refractivity contribution < 1.29 is 9.59 Å². The number of piperidine rings is 1. The van der Waals surface area contributed by atoms with Gasteiger partial charge in [-0.1, -0.05) is 0 Å². The van der Waals surface area contributed by atoms with Crippen molar-refractivity contribution in [2.24, 2.45) is 5.92 Å². The number of amides is 2. The summed E-state index contributed by atoms with van der Waals surface area (Å²) in [5, 5.41) is 6.38. The van der Waals surface area contributed by atoms with Crippen LogP contribution >= 0.6 is 0 Å². The second-order valence-corrected chi connectivity index (χ2v) is 6.03. The lowest BCUT2D eigenvalue weighted by atomic mass is 10.0. The summed E-state index contributed by atoms with van der Waals surface area (Å²) in [4.78, 5) is 25.9. The zero-order chi connectivity index (χ0) is 13.2. The average Bonchev–Trinajstić information content (AvgIpc) is 3.14. The largest absolute Gasteiger partial charge is 0.353 e. The molecule has 0 aromatic rings. The van der Waals surface area contributed by atoms with Crippen molar-refractivity contribution in [2.75, 3.05) is 19.6 Å². The standard InChI is InChI=1S/C14H23N3O2/c18-13(10-3-4-10)16-11-5-8-17(9-6-11)14(19)12-2-1-7-15-12/h10-12,15H,1-9H2,(H,16,18)/t12-/m0/s1. The summed E-state index contributed by atoms with van der Waals surface area (Å²) in [5.74, 6) is 0.758. The van der Waals surface area contributed by atoms with E-state index in [0.717, 1.165) is 58.2 Å². The third kappa shape index (κ3) is 3.08. The highest BCUT2D eigenvalue weighted by molar-refractivity contribution is 5.82. The first-order valence-electron chi connectivity index (χ1n) is 7.56. The number of hydrogen-bond donors (Lipinski definition) is 2. The van der Waals surface area contributed by atoms with Crippen molar-refractivity contribution >= 4 is 11.8 Å². The summed E-state index contributed by atoms with van der Waals surface area (Å²) >= 11 is 0. The van der Waals surface area contributed by atoms with E-state index in [-0.39, 0.29) is 29.8 Å². The van der Waals surface area contributed by atoms with Crippen LogP contribution in [0.4, 0.5) is 0 Å². The van der Waals surface area contributed by atoms with Gasteiger partial charge in [0.2, 0.25) is 11.8 Å². The van der Waals surface area contributed by atoms with Gasteiger partial charge in [-0.2, -0.15) is 0 Å². The first-order chi connectivity index (χ1) is 9.24. The number of nitrogens with one attached hydrogen (secondary N) is 2. The van der Waals surface area contributed by atoms with Crippen LogP contribution in [0.3, 0.4) is 0 Å². The molecule has 1 saturated carbocycles. The molecule has 106 valence electrons. The van der Waals surface area contributed by atoms with Crippen LogP contribution in [0.15, 0.2) is 0 Å². The summed E-state index contributed by atoms with van der Waals surface area (Å²) in [6.07, 6.45) is 5.97. The molecule has 1 aliphatic carbocycles. The summed E-state index contributed by atoms with van der Waals surface area (Å²) in [5.41, 5.74) is 0. The Labute approximate surface area is 114 Å². The smallest absolute Gasteiger partial charge is 0.239 e. The molecule has 0 aromatic carbocycles. The fourth-order valence-corrected chi connectivity index (χ4v) is 3.02. The fourth-order valence-electron chi connectivity index (χ4n) is 3.02. The van der Waals surface area contributed by atoms with Crippen molar-refractivity contribution in [3.8, 4) is 0 Å². The average molecular weight is 265 g/mol. The highest BCUT2D eigenvalue weighted by Gasteiger charge is 2.33. The Morgan fingerprint density at radius 3 is 2.37 bits per heavy atom. The molecule has 0 radical (unpaired) electrons. The third-order valence-corrected chi connectivity index (χ3v) is 4.46. The van der Waals surface area contributed by atoms with Gasteiger partial charge in [0.25, 0.3) is 0 Å². The molecule has 0 spiro atoms. The lowest BCUT2D eigenvalue weighted by Gasteiger charge is -2.34. The first kappa shape index (κ1) is 12.9. The van der Waals surface area contributed by atoms with Crippen molar-refractivity contribution in [2.45, 2.75) is 50.6 Å². The van der Waals surface area contributed by atoms with Crippen LogP contribution in [-0.2, 0) is 9.59 Å². The molecular weight excluding hydrogens is 242 g/mol. The van der Waals surface area contributed by atoms with Gasteiger partial charge in [0.15, 0.2) is 0 Å². The molecule has 0 aromatic heterocycles. The van der Waals surface area contributed by atoms with Gasteiger partial charge in [0, 0.05) is 25.0 Å². The van der Waals surface area contributed by atoms with Gasteiger partial charge in [-0.15, -0.1) is 0 Å². The Kier molecular flexibility index (Phi) is 3.73. The lowest BCUT2D eigenvalue weighted by molar-refractivity contribution is -0.134. The van der Waals surface area contributed by atoms with E-state index in [1.807, 2.05) is 4.90 Å². The number of carbonyl (C=O) groups is 2. The second-order valence-electron chi connectivity index (χ2n) is 6.03. The van der Waals surface area contributed by atoms with Gasteiger partial charge in [-0.05, 0) is 45.1 Å². The van der Waals surface area contributed by atoms with E-state index in [2.05, 4.69) is 10.6 Å². The Balaban J connectivity index is 1.43. The van der Waals surface area contributed by atoms with Crippen LogP contribution in [0, 0.1) is 5.92 Å². The van der Waals surface area contributed by atoms with Gasteiger partial charge in [-0.25, -0.2) is 0 Å². The number of nitrogens with zero attached hydrogens (tertiary/aromatic N) is 1. The number of likely N-dealkylation sites (tertiary alicyclic amines) is 1. The van der Waals surface area contributed by atoms with E-state index in [4.69, 9.17) is 0 Å². The molecule has 3 aliphatic rings.